The Morgan fingerprint density at radius 3 is 2.56 bits per heavy atom. The summed E-state index contributed by atoms with van der Waals surface area (Å²) >= 11 is 0. The van der Waals surface area contributed by atoms with Crippen molar-refractivity contribution >= 4 is 9.84 Å². The molecular weight excluding hydrogens is 248 g/mol. The molecule has 0 spiro atoms. The molecule has 2 fully saturated rings. The molecule has 1 N–H and O–H groups in total. The van der Waals surface area contributed by atoms with Crippen LogP contribution in [-0.4, -0.2) is 57.5 Å². The van der Waals surface area contributed by atoms with Crippen LogP contribution in [0.3, 0.4) is 0 Å². The molecule has 2 rings (SSSR count). The topological polar surface area (TPSA) is 49.4 Å². The molecule has 1 saturated carbocycles. The van der Waals surface area contributed by atoms with Crippen LogP contribution in [0.1, 0.15) is 32.1 Å². The quantitative estimate of drug-likeness (QED) is 0.827. The first-order valence-electron chi connectivity index (χ1n) is 7.10. The summed E-state index contributed by atoms with van der Waals surface area (Å²) in [5, 5.41) is 3.42. The average Bonchev–Trinajstić information content (AvgIpc) is 2.70. The Bertz CT molecular complexity index is 369. The highest BCUT2D eigenvalue weighted by atomic mass is 32.2. The van der Waals surface area contributed by atoms with Gasteiger partial charge in [0.15, 0.2) is 9.84 Å². The third-order valence-electron chi connectivity index (χ3n) is 4.63. The van der Waals surface area contributed by atoms with Crippen LogP contribution in [0.25, 0.3) is 0 Å². The van der Waals surface area contributed by atoms with Gasteiger partial charge in [-0.1, -0.05) is 12.8 Å². The van der Waals surface area contributed by atoms with Crippen molar-refractivity contribution in [3.63, 3.8) is 0 Å². The SMILES string of the molecule is CNC1CCCCC1CN(C)C1CCS(=O)(=O)C1. The van der Waals surface area contributed by atoms with Crippen molar-refractivity contribution < 1.29 is 8.42 Å². The number of hydrogen-bond acceptors (Lipinski definition) is 4. The monoisotopic (exact) mass is 274 g/mol. The van der Waals surface area contributed by atoms with Crippen LogP contribution >= 0.6 is 0 Å². The van der Waals surface area contributed by atoms with Crippen molar-refractivity contribution in [1.82, 2.24) is 10.2 Å². The lowest BCUT2D eigenvalue weighted by Crippen LogP contribution is -2.44. The second kappa shape index (κ2) is 5.88. The molecule has 1 aliphatic carbocycles. The van der Waals surface area contributed by atoms with E-state index >= 15 is 0 Å². The Hall–Kier alpha value is -0.130. The summed E-state index contributed by atoms with van der Waals surface area (Å²) in [5.74, 6) is 1.42. The van der Waals surface area contributed by atoms with E-state index in [-0.39, 0.29) is 6.04 Å². The van der Waals surface area contributed by atoms with Gasteiger partial charge in [-0.05, 0) is 39.3 Å². The molecule has 0 aromatic rings. The molecule has 0 bridgehead atoms. The van der Waals surface area contributed by atoms with Gasteiger partial charge in [-0.3, -0.25) is 0 Å². The van der Waals surface area contributed by atoms with E-state index in [0.29, 0.717) is 23.5 Å². The van der Waals surface area contributed by atoms with Crippen molar-refractivity contribution in [2.75, 3.05) is 32.1 Å². The highest BCUT2D eigenvalue weighted by Gasteiger charge is 2.33. The Balaban J connectivity index is 1.88. The fraction of sp³-hybridized carbons (Fsp3) is 1.00. The lowest BCUT2D eigenvalue weighted by atomic mass is 9.84. The molecule has 4 nitrogen and oxygen atoms in total. The van der Waals surface area contributed by atoms with E-state index in [1.54, 1.807) is 0 Å². The van der Waals surface area contributed by atoms with Crippen LogP contribution in [0.15, 0.2) is 0 Å². The summed E-state index contributed by atoms with van der Waals surface area (Å²) < 4.78 is 23.0. The van der Waals surface area contributed by atoms with Gasteiger partial charge in [-0.25, -0.2) is 8.42 Å². The third kappa shape index (κ3) is 3.45. The first-order valence-corrected chi connectivity index (χ1v) is 8.92. The predicted molar refractivity (Wildman–Crippen MR) is 74.5 cm³/mol. The van der Waals surface area contributed by atoms with Gasteiger partial charge in [0.25, 0.3) is 0 Å². The minimum absolute atomic E-state index is 0.245. The second-order valence-corrected chi connectivity index (χ2v) is 8.16. The van der Waals surface area contributed by atoms with Crippen LogP contribution in [0, 0.1) is 5.92 Å². The Kier molecular flexibility index (Phi) is 4.67. The number of nitrogens with one attached hydrogen (secondary N) is 1. The molecule has 0 aromatic heterocycles. The fourth-order valence-electron chi connectivity index (χ4n) is 3.45. The standard InChI is InChI=1S/C13H26N2O2S/c1-14-13-6-4-3-5-11(13)9-15(2)12-7-8-18(16,17)10-12/h11-14H,3-10H2,1-2H3. The molecule has 3 atom stereocenters. The van der Waals surface area contributed by atoms with Crippen LogP contribution in [0.5, 0.6) is 0 Å². The zero-order chi connectivity index (χ0) is 13.2. The molecule has 1 heterocycles. The minimum Gasteiger partial charge on any atom is -0.317 e. The van der Waals surface area contributed by atoms with Crippen molar-refractivity contribution in [3.8, 4) is 0 Å². The summed E-state index contributed by atoms with van der Waals surface area (Å²) in [6, 6.07) is 0.855. The summed E-state index contributed by atoms with van der Waals surface area (Å²) in [4.78, 5) is 2.28. The zero-order valence-corrected chi connectivity index (χ0v) is 12.4. The van der Waals surface area contributed by atoms with Crippen molar-refractivity contribution in [3.05, 3.63) is 0 Å². The Morgan fingerprint density at radius 2 is 1.94 bits per heavy atom. The van der Waals surface area contributed by atoms with Crippen LogP contribution in [0.4, 0.5) is 0 Å². The molecule has 1 aliphatic heterocycles. The highest BCUT2D eigenvalue weighted by molar-refractivity contribution is 7.91. The van der Waals surface area contributed by atoms with Gasteiger partial charge in [0.05, 0.1) is 11.5 Å². The van der Waals surface area contributed by atoms with Gasteiger partial charge in [0.2, 0.25) is 0 Å². The maximum absolute atomic E-state index is 11.5. The Morgan fingerprint density at radius 1 is 1.22 bits per heavy atom. The zero-order valence-electron chi connectivity index (χ0n) is 11.6. The van der Waals surface area contributed by atoms with E-state index in [4.69, 9.17) is 0 Å². The normalized spacial score (nSPS) is 36.1. The average molecular weight is 274 g/mol. The number of rotatable bonds is 4. The van der Waals surface area contributed by atoms with Gasteiger partial charge in [0.1, 0.15) is 0 Å². The first kappa shape index (κ1) is 14.3. The van der Waals surface area contributed by atoms with Crippen molar-refractivity contribution in [1.29, 1.82) is 0 Å². The van der Waals surface area contributed by atoms with Gasteiger partial charge < -0.3 is 10.2 Å². The number of hydrogen-bond donors (Lipinski definition) is 1. The predicted octanol–water partition coefficient (Wildman–Crippen LogP) is 0.884. The third-order valence-corrected chi connectivity index (χ3v) is 6.38. The lowest BCUT2D eigenvalue weighted by molar-refractivity contribution is 0.166. The molecule has 0 amide bonds. The van der Waals surface area contributed by atoms with Crippen LogP contribution in [-0.2, 0) is 9.84 Å². The number of sulfone groups is 1. The van der Waals surface area contributed by atoms with E-state index < -0.39 is 9.84 Å². The maximum atomic E-state index is 11.5. The number of nitrogens with zero attached hydrogens (tertiary/aromatic N) is 1. The fourth-order valence-corrected chi connectivity index (χ4v) is 5.25. The van der Waals surface area contributed by atoms with E-state index in [1.165, 1.54) is 25.7 Å². The van der Waals surface area contributed by atoms with E-state index in [1.807, 2.05) is 7.05 Å². The van der Waals surface area contributed by atoms with Gasteiger partial charge in [0, 0.05) is 18.6 Å². The maximum Gasteiger partial charge on any atom is 0.151 e. The van der Waals surface area contributed by atoms with E-state index in [0.717, 1.165) is 13.0 Å². The summed E-state index contributed by atoms with van der Waals surface area (Å²) in [7, 11) is 1.38. The lowest BCUT2D eigenvalue weighted by Gasteiger charge is -2.35. The first-order chi connectivity index (χ1) is 8.52. The molecule has 0 aromatic carbocycles. The summed E-state index contributed by atoms with van der Waals surface area (Å²) in [6.07, 6.45) is 5.99. The summed E-state index contributed by atoms with van der Waals surface area (Å²) in [6.45, 7) is 1.03. The molecule has 0 radical (unpaired) electrons. The minimum atomic E-state index is -2.76. The highest BCUT2D eigenvalue weighted by Crippen LogP contribution is 2.26. The van der Waals surface area contributed by atoms with Crippen molar-refractivity contribution in [2.45, 2.75) is 44.2 Å². The molecule has 18 heavy (non-hydrogen) atoms. The molecular formula is C13H26N2O2S. The second-order valence-electron chi connectivity index (χ2n) is 5.94. The molecule has 3 unspecified atom stereocenters. The van der Waals surface area contributed by atoms with Gasteiger partial charge in [-0.15, -0.1) is 0 Å². The summed E-state index contributed by atoms with van der Waals surface area (Å²) in [5.41, 5.74) is 0. The smallest absolute Gasteiger partial charge is 0.151 e. The van der Waals surface area contributed by atoms with Crippen molar-refractivity contribution in [2.24, 2.45) is 5.92 Å². The molecule has 5 heteroatoms. The van der Waals surface area contributed by atoms with Gasteiger partial charge >= 0.3 is 0 Å². The van der Waals surface area contributed by atoms with Crippen LogP contribution in [0.2, 0.25) is 0 Å². The van der Waals surface area contributed by atoms with E-state index in [9.17, 15) is 8.42 Å². The molecule has 2 aliphatic rings. The van der Waals surface area contributed by atoms with Gasteiger partial charge in [-0.2, -0.15) is 0 Å². The molecule has 106 valence electrons. The Labute approximate surface area is 111 Å². The van der Waals surface area contributed by atoms with E-state index in [2.05, 4.69) is 17.3 Å². The largest absolute Gasteiger partial charge is 0.317 e. The molecule has 1 saturated heterocycles. The van der Waals surface area contributed by atoms with Crippen LogP contribution < -0.4 is 5.32 Å².